The van der Waals surface area contributed by atoms with Crippen molar-refractivity contribution < 1.29 is 33.8 Å². The molecule has 0 spiro atoms. The van der Waals surface area contributed by atoms with Crippen LogP contribution >= 0.6 is 11.3 Å². The van der Waals surface area contributed by atoms with Crippen molar-refractivity contribution in [2.75, 3.05) is 50.3 Å². The van der Waals surface area contributed by atoms with Gasteiger partial charge in [0.1, 0.15) is 29.2 Å². The van der Waals surface area contributed by atoms with Crippen LogP contribution in [0.25, 0.3) is 31.9 Å². The molecular weight excluding hydrogens is 685 g/mol. The molecule has 4 heterocycles. The average Bonchev–Trinajstić information content (AvgIpc) is 3.71. The maximum Gasteiger partial charge on any atom is 0.411 e. The molecule has 7 rings (SSSR count). The van der Waals surface area contributed by atoms with Gasteiger partial charge in [0, 0.05) is 55.6 Å². The maximum absolute atomic E-state index is 12.9. The largest absolute Gasteiger partial charge is 0.491 e. The number of carboxylic acid groups (broad SMARTS) is 1. The summed E-state index contributed by atoms with van der Waals surface area (Å²) < 4.78 is 12.4. The number of aromatic nitrogens is 2. The molecule has 1 saturated heterocycles. The summed E-state index contributed by atoms with van der Waals surface area (Å²) in [5, 5.41) is 13.1. The van der Waals surface area contributed by atoms with Crippen molar-refractivity contribution in [1.29, 1.82) is 0 Å². The summed E-state index contributed by atoms with van der Waals surface area (Å²) >= 11 is 1.50. The van der Waals surface area contributed by atoms with Crippen LogP contribution in [0.5, 0.6) is 5.75 Å². The molecule has 0 radical (unpaired) electrons. The molecule has 13 nitrogen and oxygen atoms in total. The van der Waals surface area contributed by atoms with Gasteiger partial charge in [-0.25, -0.2) is 14.8 Å². The number of amides is 4. The number of carbonyl (C=O) groups is 4. The molecule has 1 unspecified atom stereocenters. The highest BCUT2D eigenvalue weighted by atomic mass is 32.1. The minimum Gasteiger partial charge on any atom is -0.491 e. The van der Waals surface area contributed by atoms with Gasteiger partial charge in [-0.3, -0.25) is 24.6 Å². The molecule has 2 N–H and O–H groups in total. The molecule has 266 valence electrons. The number of rotatable bonds is 12. The molecule has 0 aliphatic carbocycles. The Hall–Kier alpha value is -5.86. The lowest BCUT2D eigenvalue weighted by molar-refractivity contribution is -0.136. The van der Waals surface area contributed by atoms with Crippen LogP contribution in [0.3, 0.4) is 0 Å². The molecule has 1 atom stereocenters. The van der Waals surface area contributed by atoms with Crippen LogP contribution in [0.1, 0.15) is 28.8 Å². The Labute approximate surface area is 303 Å². The van der Waals surface area contributed by atoms with Crippen molar-refractivity contribution in [1.82, 2.24) is 20.2 Å². The summed E-state index contributed by atoms with van der Waals surface area (Å²) in [5.41, 5.74) is 5.61. The Morgan fingerprint density at radius 1 is 0.962 bits per heavy atom. The number of nitrogens with zero attached hydrogens (tertiary/aromatic N) is 5. The fourth-order valence-electron chi connectivity index (χ4n) is 6.28. The van der Waals surface area contributed by atoms with Gasteiger partial charge in [0.15, 0.2) is 0 Å². The third kappa shape index (κ3) is 7.29. The Morgan fingerprint density at radius 2 is 1.75 bits per heavy atom. The van der Waals surface area contributed by atoms with Crippen LogP contribution in [0.2, 0.25) is 0 Å². The number of ether oxygens (including phenoxy) is 2. The number of imide groups is 1. The van der Waals surface area contributed by atoms with Crippen molar-refractivity contribution in [3.8, 4) is 27.4 Å². The molecular formula is C38H36N6O7S. The molecule has 2 aromatic heterocycles. The van der Waals surface area contributed by atoms with E-state index < -0.39 is 18.0 Å². The van der Waals surface area contributed by atoms with Gasteiger partial charge in [-0.15, -0.1) is 11.3 Å². The Kier molecular flexibility index (Phi) is 9.83. The van der Waals surface area contributed by atoms with Crippen LogP contribution in [-0.2, 0) is 20.9 Å². The highest BCUT2D eigenvalue weighted by Gasteiger charge is 2.39. The van der Waals surface area contributed by atoms with Gasteiger partial charge in [0.05, 0.1) is 30.0 Å². The van der Waals surface area contributed by atoms with E-state index in [0.717, 1.165) is 43.3 Å². The number of fused-ring (bicyclic) bond motifs is 2. The van der Waals surface area contributed by atoms with E-state index in [1.54, 1.807) is 24.3 Å². The maximum atomic E-state index is 12.9. The fraction of sp³-hybridized carbons (Fsp3) is 0.263. The van der Waals surface area contributed by atoms with Gasteiger partial charge in [-0.05, 0) is 66.1 Å². The SMILES string of the molecule is CN(C)c1ccc(-c2ccc(-c3nc4ccc(N(CCOCCOc5ccc6c(c5)CN(C5CCC(=O)NC5=O)C6=O)C(=O)O)cc4s3)cc2)cn1. The molecule has 0 bridgehead atoms. The van der Waals surface area contributed by atoms with Gasteiger partial charge in [-0.2, -0.15) is 0 Å². The monoisotopic (exact) mass is 720 g/mol. The molecule has 4 amide bonds. The normalized spacial score (nSPS) is 15.5. The minimum absolute atomic E-state index is 0.121. The van der Waals surface area contributed by atoms with E-state index in [-0.39, 0.29) is 51.1 Å². The Morgan fingerprint density at radius 3 is 2.48 bits per heavy atom. The summed E-state index contributed by atoms with van der Waals surface area (Å²) in [6.07, 6.45) is 1.26. The smallest absolute Gasteiger partial charge is 0.411 e. The van der Waals surface area contributed by atoms with Gasteiger partial charge in [-0.1, -0.05) is 24.3 Å². The van der Waals surface area contributed by atoms with Crippen LogP contribution in [-0.4, -0.2) is 90.3 Å². The van der Waals surface area contributed by atoms with E-state index in [1.807, 2.05) is 73.7 Å². The second-order valence-electron chi connectivity index (χ2n) is 12.7. The first-order valence-electron chi connectivity index (χ1n) is 16.8. The highest BCUT2D eigenvalue weighted by Crippen LogP contribution is 2.34. The molecule has 52 heavy (non-hydrogen) atoms. The van der Waals surface area contributed by atoms with Crippen LogP contribution in [0, 0.1) is 0 Å². The van der Waals surface area contributed by atoms with Gasteiger partial charge in [0.25, 0.3) is 5.91 Å². The van der Waals surface area contributed by atoms with Gasteiger partial charge >= 0.3 is 6.09 Å². The number of pyridine rings is 1. The van der Waals surface area contributed by atoms with Gasteiger partial charge < -0.3 is 24.4 Å². The van der Waals surface area contributed by atoms with Crippen molar-refractivity contribution in [2.24, 2.45) is 0 Å². The van der Waals surface area contributed by atoms with Crippen LogP contribution in [0.4, 0.5) is 16.3 Å². The average molecular weight is 721 g/mol. The molecule has 0 saturated carbocycles. The second kappa shape index (κ2) is 14.8. The second-order valence-corrected chi connectivity index (χ2v) is 13.7. The molecule has 1 fully saturated rings. The van der Waals surface area contributed by atoms with E-state index in [1.165, 1.54) is 21.1 Å². The van der Waals surface area contributed by atoms with E-state index in [2.05, 4.69) is 10.3 Å². The highest BCUT2D eigenvalue weighted by molar-refractivity contribution is 7.21. The Balaban J connectivity index is 0.908. The van der Waals surface area contributed by atoms with E-state index in [0.29, 0.717) is 23.4 Å². The predicted octanol–water partition coefficient (Wildman–Crippen LogP) is 5.43. The lowest BCUT2D eigenvalue weighted by Gasteiger charge is -2.29. The number of piperidine rings is 1. The number of nitrogens with one attached hydrogen (secondary N) is 1. The number of carbonyl (C=O) groups excluding carboxylic acids is 3. The molecule has 3 aromatic carbocycles. The first-order valence-corrected chi connectivity index (χ1v) is 17.6. The Bertz CT molecular complexity index is 2150. The molecule has 2 aliphatic rings. The van der Waals surface area contributed by atoms with E-state index in [9.17, 15) is 24.3 Å². The number of hydrogen-bond acceptors (Lipinski definition) is 10. The van der Waals surface area contributed by atoms with Gasteiger partial charge in [0.2, 0.25) is 11.8 Å². The number of thiazole rings is 1. The van der Waals surface area contributed by atoms with Crippen molar-refractivity contribution >= 4 is 56.9 Å². The van der Waals surface area contributed by atoms with E-state index >= 15 is 0 Å². The standard InChI is InChI=1S/C38H36N6O7S/c1-42(2)33-13-7-25(21-39-33)23-3-5-24(6-4-23)36-40-30-11-8-27(20-32(30)52-36)43(38(48)49)15-16-50-17-18-51-28-9-10-29-26(19-28)22-44(37(29)47)31-12-14-34(45)41-35(31)46/h3-11,13,19-21,31H,12,14-18,22H2,1-2H3,(H,48,49)(H,41,45,46). The van der Waals surface area contributed by atoms with Crippen molar-refractivity contribution in [3.63, 3.8) is 0 Å². The summed E-state index contributed by atoms with van der Waals surface area (Å²) in [5.74, 6) is 0.413. The number of hydrogen-bond donors (Lipinski definition) is 2. The predicted molar refractivity (Wildman–Crippen MR) is 197 cm³/mol. The summed E-state index contributed by atoms with van der Waals surface area (Å²) in [6.45, 7) is 0.967. The fourth-order valence-corrected chi connectivity index (χ4v) is 7.29. The van der Waals surface area contributed by atoms with Crippen molar-refractivity contribution in [2.45, 2.75) is 25.4 Å². The first kappa shape index (κ1) is 34.6. The third-order valence-corrected chi connectivity index (χ3v) is 10.1. The number of benzene rings is 3. The van der Waals surface area contributed by atoms with Crippen LogP contribution in [0.15, 0.2) is 79.0 Å². The summed E-state index contributed by atoms with van der Waals surface area (Å²) in [6, 6.07) is 22.0. The van der Waals surface area contributed by atoms with Crippen LogP contribution < -0.4 is 19.9 Å². The zero-order valence-electron chi connectivity index (χ0n) is 28.6. The summed E-state index contributed by atoms with van der Waals surface area (Å²) in [7, 11) is 3.91. The third-order valence-electron chi connectivity index (χ3n) is 9.04. The minimum atomic E-state index is -1.09. The lowest BCUT2D eigenvalue weighted by Crippen LogP contribution is -2.52. The van der Waals surface area contributed by atoms with E-state index in [4.69, 9.17) is 14.5 Å². The number of anilines is 2. The quantitative estimate of drug-likeness (QED) is 0.126. The van der Waals surface area contributed by atoms with Crippen molar-refractivity contribution in [3.05, 3.63) is 90.1 Å². The molecule has 14 heteroatoms. The first-order chi connectivity index (χ1) is 25.1. The zero-order chi connectivity index (χ0) is 36.4. The lowest BCUT2D eigenvalue weighted by atomic mass is 10.0. The molecule has 5 aromatic rings. The molecule has 2 aliphatic heterocycles. The summed E-state index contributed by atoms with van der Waals surface area (Å²) in [4.78, 5) is 62.9. The zero-order valence-corrected chi connectivity index (χ0v) is 29.4. The topological polar surface area (TPSA) is 154 Å².